The van der Waals surface area contributed by atoms with Crippen molar-refractivity contribution in [2.75, 3.05) is 6.54 Å². The quantitative estimate of drug-likeness (QED) is 0.811. The Morgan fingerprint density at radius 1 is 1.29 bits per heavy atom. The van der Waals surface area contributed by atoms with Gasteiger partial charge in [0.2, 0.25) is 5.91 Å². The minimum Gasteiger partial charge on any atom is -0.352 e. The minimum atomic E-state index is -0.259. The van der Waals surface area contributed by atoms with Crippen LogP contribution >= 0.6 is 12.4 Å². The predicted octanol–water partition coefficient (Wildman–Crippen LogP) is 3.23. The number of carbonyl (C=O) groups excluding carboxylic acids is 1. The zero-order valence-corrected chi connectivity index (χ0v) is 13.8. The standard InChI is InChI=1S/C16H25FN2O.ClH/c1-11(2)8-13(10-18)19-16(20)9-12(3)14-6-4-5-7-15(14)17;/h4-7,11-13H,8-10,18H2,1-3H3,(H,19,20);1H. The molecule has 120 valence electrons. The molecule has 2 atom stereocenters. The normalized spacial score (nSPS) is 13.4. The second kappa shape index (κ2) is 9.74. The van der Waals surface area contributed by atoms with Crippen molar-refractivity contribution in [1.29, 1.82) is 0 Å². The Hall–Kier alpha value is -1.13. The lowest BCUT2D eigenvalue weighted by molar-refractivity contribution is -0.122. The summed E-state index contributed by atoms with van der Waals surface area (Å²) < 4.78 is 13.6. The number of nitrogens with two attached hydrogens (primary N) is 1. The van der Waals surface area contributed by atoms with Gasteiger partial charge >= 0.3 is 0 Å². The Balaban J connectivity index is 0.00000400. The summed E-state index contributed by atoms with van der Waals surface area (Å²) in [6.45, 7) is 6.48. The maximum Gasteiger partial charge on any atom is 0.220 e. The number of hydrogen-bond donors (Lipinski definition) is 2. The van der Waals surface area contributed by atoms with E-state index in [9.17, 15) is 9.18 Å². The van der Waals surface area contributed by atoms with Gasteiger partial charge in [0.1, 0.15) is 5.82 Å². The van der Waals surface area contributed by atoms with Crippen LogP contribution < -0.4 is 11.1 Å². The molecule has 0 radical (unpaired) electrons. The number of hydrogen-bond acceptors (Lipinski definition) is 2. The number of benzene rings is 1. The molecule has 2 unspecified atom stereocenters. The van der Waals surface area contributed by atoms with Crippen LogP contribution in [0.3, 0.4) is 0 Å². The van der Waals surface area contributed by atoms with Crippen molar-refractivity contribution in [3.63, 3.8) is 0 Å². The fraction of sp³-hybridized carbons (Fsp3) is 0.562. The van der Waals surface area contributed by atoms with Crippen molar-refractivity contribution in [3.8, 4) is 0 Å². The van der Waals surface area contributed by atoms with E-state index in [-0.39, 0.29) is 42.5 Å². The molecule has 21 heavy (non-hydrogen) atoms. The zero-order chi connectivity index (χ0) is 15.1. The molecule has 0 aliphatic heterocycles. The molecule has 0 saturated carbocycles. The first-order valence-electron chi connectivity index (χ1n) is 7.17. The van der Waals surface area contributed by atoms with Gasteiger partial charge in [0.15, 0.2) is 0 Å². The van der Waals surface area contributed by atoms with Crippen LogP contribution in [0.5, 0.6) is 0 Å². The molecule has 1 amide bonds. The minimum absolute atomic E-state index is 0. The van der Waals surface area contributed by atoms with E-state index < -0.39 is 0 Å². The van der Waals surface area contributed by atoms with Gasteiger partial charge in [0.05, 0.1) is 0 Å². The molecule has 1 aromatic rings. The van der Waals surface area contributed by atoms with Gasteiger partial charge in [0.25, 0.3) is 0 Å². The van der Waals surface area contributed by atoms with E-state index in [4.69, 9.17) is 5.73 Å². The molecule has 3 N–H and O–H groups in total. The van der Waals surface area contributed by atoms with Crippen molar-refractivity contribution in [1.82, 2.24) is 5.32 Å². The fourth-order valence-electron chi connectivity index (χ4n) is 2.33. The van der Waals surface area contributed by atoms with E-state index in [1.807, 2.05) is 6.92 Å². The first kappa shape index (κ1) is 19.9. The van der Waals surface area contributed by atoms with Crippen LogP contribution in [0.15, 0.2) is 24.3 Å². The van der Waals surface area contributed by atoms with E-state index in [0.29, 0.717) is 18.0 Å². The summed E-state index contributed by atoms with van der Waals surface area (Å²) in [7, 11) is 0. The second-order valence-electron chi connectivity index (χ2n) is 5.76. The average molecular weight is 317 g/mol. The van der Waals surface area contributed by atoms with E-state index in [1.54, 1.807) is 18.2 Å². The third kappa shape index (κ3) is 6.91. The lowest BCUT2D eigenvalue weighted by Crippen LogP contribution is -2.41. The van der Waals surface area contributed by atoms with E-state index in [0.717, 1.165) is 6.42 Å². The summed E-state index contributed by atoms with van der Waals surface area (Å²) in [6, 6.07) is 6.58. The Kier molecular flexibility index (Phi) is 9.22. The lowest BCUT2D eigenvalue weighted by atomic mass is 9.96. The molecule has 3 nitrogen and oxygen atoms in total. The van der Waals surface area contributed by atoms with Crippen LogP contribution in [-0.4, -0.2) is 18.5 Å². The number of amides is 1. The summed E-state index contributed by atoms with van der Waals surface area (Å²) >= 11 is 0. The molecule has 0 aromatic heterocycles. The van der Waals surface area contributed by atoms with Gasteiger partial charge in [-0.2, -0.15) is 0 Å². The zero-order valence-electron chi connectivity index (χ0n) is 12.9. The number of halogens is 2. The highest BCUT2D eigenvalue weighted by atomic mass is 35.5. The third-order valence-electron chi connectivity index (χ3n) is 3.33. The monoisotopic (exact) mass is 316 g/mol. The Bertz CT molecular complexity index is 440. The highest BCUT2D eigenvalue weighted by Gasteiger charge is 2.17. The van der Waals surface area contributed by atoms with Crippen LogP contribution in [0.25, 0.3) is 0 Å². The van der Waals surface area contributed by atoms with Gasteiger partial charge in [-0.25, -0.2) is 4.39 Å². The molecule has 1 rings (SSSR count). The maximum atomic E-state index is 13.6. The van der Waals surface area contributed by atoms with E-state index >= 15 is 0 Å². The van der Waals surface area contributed by atoms with Crippen molar-refractivity contribution in [3.05, 3.63) is 35.6 Å². The van der Waals surface area contributed by atoms with E-state index in [2.05, 4.69) is 19.2 Å². The SMILES string of the molecule is CC(C)CC(CN)NC(=O)CC(C)c1ccccc1F.Cl. The Labute approximate surface area is 132 Å². The van der Waals surface area contributed by atoms with Crippen molar-refractivity contribution in [2.24, 2.45) is 11.7 Å². The lowest BCUT2D eigenvalue weighted by Gasteiger charge is -2.20. The van der Waals surface area contributed by atoms with Gasteiger partial charge < -0.3 is 11.1 Å². The second-order valence-corrected chi connectivity index (χ2v) is 5.76. The van der Waals surface area contributed by atoms with Crippen molar-refractivity contribution < 1.29 is 9.18 Å². The highest BCUT2D eigenvalue weighted by molar-refractivity contribution is 5.85. The molecule has 0 bridgehead atoms. The first-order valence-corrected chi connectivity index (χ1v) is 7.17. The van der Waals surface area contributed by atoms with Crippen molar-refractivity contribution >= 4 is 18.3 Å². The molecular weight excluding hydrogens is 291 g/mol. The van der Waals surface area contributed by atoms with Crippen molar-refractivity contribution in [2.45, 2.75) is 45.6 Å². The molecule has 0 spiro atoms. The molecule has 0 aliphatic rings. The van der Waals surface area contributed by atoms with Gasteiger partial charge in [-0.3, -0.25) is 4.79 Å². The Morgan fingerprint density at radius 3 is 2.43 bits per heavy atom. The van der Waals surface area contributed by atoms with Crippen LogP contribution in [0.4, 0.5) is 4.39 Å². The Morgan fingerprint density at radius 2 is 1.90 bits per heavy atom. The summed E-state index contributed by atoms with van der Waals surface area (Å²) in [6.07, 6.45) is 1.13. The number of carbonyl (C=O) groups is 1. The average Bonchev–Trinajstić information content (AvgIpc) is 2.37. The van der Waals surface area contributed by atoms with Gasteiger partial charge in [-0.15, -0.1) is 12.4 Å². The summed E-state index contributed by atoms with van der Waals surface area (Å²) in [4.78, 5) is 12.0. The third-order valence-corrected chi connectivity index (χ3v) is 3.33. The van der Waals surface area contributed by atoms with Crippen LogP contribution in [0.2, 0.25) is 0 Å². The molecule has 0 saturated heterocycles. The molecule has 1 aromatic carbocycles. The number of rotatable bonds is 7. The molecular formula is C16H26ClFN2O. The summed E-state index contributed by atoms with van der Waals surface area (Å²) in [5.41, 5.74) is 6.24. The van der Waals surface area contributed by atoms with Crippen LogP contribution in [-0.2, 0) is 4.79 Å². The van der Waals surface area contributed by atoms with Gasteiger partial charge in [-0.1, -0.05) is 39.0 Å². The summed E-state index contributed by atoms with van der Waals surface area (Å²) in [5, 5.41) is 2.93. The predicted molar refractivity (Wildman–Crippen MR) is 87.1 cm³/mol. The topological polar surface area (TPSA) is 55.1 Å². The number of nitrogens with one attached hydrogen (secondary N) is 1. The van der Waals surface area contributed by atoms with Gasteiger partial charge in [0, 0.05) is 19.0 Å². The summed E-state index contributed by atoms with van der Waals surface area (Å²) in [5.74, 6) is 0.00345. The molecule has 0 aliphatic carbocycles. The maximum absolute atomic E-state index is 13.6. The smallest absolute Gasteiger partial charge is 0.220 e. The first-order chi connectivity index (χ1) is 9.43. The largest absolute Gasteiger partial charge is 0.352 e. The van der Waals surface area contributed by atoms with Gasteiger partial charge in [-0.05, 0) is 29.9 Å². The molecule has 0 fully saturated rings. The van der Waals surface area contributed by atoms with Crippen LogP contribution in [0, 0.1) is 11.7 Å². The van der Waals surface area contributed by atoms with Crippen LogP contribution in [0.1, 0.15) is 45.1 Å². The fourth-order valence-corrected chi connectivity index (χ4v) is 2.33. The van der Waals surface area contributed by atoms with E-state index in [1.165, 1.54) is 6.07 Å². The highest BCUT2D eigenvalue weighted by Crippen LogP contribution is 2.21. The molecule has 0 heterocycles. The molecule has 5 heteroatoms.